The highest BCUT2D eigenvalue weighted by Gasteiger charge is 2.31. The molecule has 0 aliphatic rings. The molecule has 24 heavy (non-hydrogen) atoms. The van der Waals surface area contributed by atoms with Gasteiger partial charge in [0, 0.05) is 11.8 Å². The first-order chi connectivity index (χ1) is 11.2. The lowest BCUT2D eigenvalue weighted by Crippen LogP contribution is -2.23. The Morgan fingerprint density at radius 3 is 2.54 bits per heavy atom. The molecule has 128 valence electrons. The summed E-state index contributed by atoms with van der Waals surface area (Å²) in [4.78, 5) is 20.5. The largest absolute Gasteiger partial charge is 0.417 e. The predicted octanol–water partition coefficient (Wildman–Crippen LogP) is 4.76. The van der Waals surface area contributed by atoms with Gasteiger partial charge in [0.25, 0.3) is 5.91 Å². The number of pyridine rings is 1. The molecule has 2 rings (SSSR count). The first-order valence-electron chi connectivity index (χ1n) is 6.68. The van der Waals surface area contributed by atoms with Crippen LogP contribution in [0.1, 0.15) is 22.8 Å². The van der Waals surface area contributed by atoms with E-state index in [0.29, 0.717) is 11.8 Å². The van der Waals surface area contributed by atoms with E-state index >= 15 is 0 Å². The maximum Gasteiger partial charge on any atom is 0.417 e. The van der Waals surface area contributed by atoms with Gasteiger partial charge in [0.2, 0.25) is 0 Å². The van der Waals surface area contributed by atoms with Crippen molar-refractivity contribution >= 4 is 29.1 Å². The molecule has 2 aromatic rings. The maximum atomic E-state index is 12.7. The van der Waals surface area contributed by atoms with Crippen LogP contribution in [0.25, 0.3) is 11.3 Å². The normalized spacial score (nSPS) is 11.4. The summed E-state index contributed by atoms with van der Waals surface area (Å²) in [5.74, 6) is -0.591. The molecule has 9 heteroatoms. The molecule has 1 N–H and O–H groups in total. The van der Waals surface area contributed by atoms with Gasteiger partial charge in [-0.2, -0.15) is 13.2 Å². The number of alkyl halides is 3. The number of amides is 1. The first-order valence-corrected chi connectivity index (χ1v) is 7.44. The Morgan fingerprint density at radius 2 is 1.96 bits per heavy atom. The second kappa shape index (κ2) is 7.38. The molecule has 0 unspecified atom stereocenters. The molecule has 0 aliphatic carbocycles. The topological polar surface area (TPSA) is 51.2 Å². The lowest BCUT2D eigenvalue weighted by atomic mass is 10.1. The second-order valence-electron chi connectivity index (χ2n) is 4.61. The van der Waals surface area contributed by atoms with E-state index in [2.05, 4.69) is 10.5 Å². The fraction of sp³-hybridized carbons (Fsp3) is 0.200. The van der Waals surface area contributed by atoms with Gasteiger partial charge in [0.15, 0.2) is 0 Å². The summed E-state index contributed by atoms with van der Waals surface area (Å²) in [6, 6.07) is 5.07. The Morgan fingerprint density at radius 1 is 1.25 bits per heavy atom. The van der Waals surface area contributed by atoms with Crippen molar-refractivity contribution in [2.24, 2.45) is 0 Å². The molecular formula is C15H11Cl2F3N2O2. The molecule has 0 fully saturated rings. The van der Waals surface area contributed by atoms with Gasteiger partial charge in [0.1, 0.15) is 0 Å². The zero-order chi connectivity index (χ0) is 17.9. The smallest absolute Gasteiger partial charge is 0.274 e. The highest BCUT2D eigenvalue weighted by Crippen LogP contribution is 2.34. The minimum absolute atomic E-state index is 0.0837. The number of rotatable bonds is 4. The monoisotopic (exact) mass is 378 g/mol. The predicted molar refractivity (Wildman–Crippen MR) is 83.8 cm³/mol. The second-order valence-corrected chi connectivity index (χ2v) is 5.43. The van der Waals surface area contributed by atoms with E-state index in [0.717, 1.165) is 6.07 Å². The number of aromatic nitrogens is 1. The number of carbonyl (C=O) groups excluding carboxylic acids is 1. The minimum Gasteiger partial charge on any atom is -0.274 e. The van der Waals surface area contributed by atoms with Gasteiger partial charge in [-0.1, -0.05) is 29.3 Å². The molecule has 1 amide bonds. The van der Waals surface area contributed by atoms with Gasteiger partial charge in [-0.05, 0) is 25.1 Å². The van der Waals surface area contributed by atoms with Crippen LogP contribution in [0, 0.1) is 0 Å². The van der Waals surface area contributed by atoms with E-state index in [4.69, 9.17) is 28.0 Å². The number of hydrogen-bond donors (Lipinski definition) is 1. The van der Waals surface area contributed by atoms with Crippen LogP contribution in [-0.4, -0.2) is 17.5 Å². The molecule has 1 aromatic carbocycles. The van der Waals surface area contributed by atoms with Crippen molar-refractivity contribution in [3.63, 3.8) is 0 Å². The molecule has 0 saturated carbocycles. The van der Waals surface area contributed by atoms with Crippen LogP contribution in [0.5, 0.6) is 0 Å². The maximum absolute atomic E-state index is 12.7. The van der Waals surface area contributed by atoms with Crippen LogP contribution < -0.4 is 5.48 Å². The standard InChI is InChI=1S/C15H11Cl2F3N2O2/c1-2-24-22-14(23)10-5-8(3-4-11(10)16)13-12(17)6-9(7-21-13)15(18,19)20/h3-7H,2H2,1H3,(H,22,23). The third-order valence-electron chi connectivity index (χ3n) is 2.96. The summed E-state index contributed by atoms with van der Waals surface area (Å²) in [7, 11) is 0. The molecule has 0 aliphatic heterocycles. The number of benzene rings is 1. The van der Waals surface area contributed by atoms with E-state index < -0.39 is 17.6 Å². The van der Waals surface area contributed by atoms with E-state index in [1.807, 2.05) is 0 Å². The number of nitrogens with one attached hydrogen (secondary N) is 1. The third kappa shape index (κ3) is 4.17. The van der Waals surface area contributed by atoms with Crippen LogP contribution in [-0.2, 0) is 11.0 Å². The summed E-state index contributed by atoms with van der Waals surface area (Å²) in [5, 5.41) is -0.0395. The van der Waals surface area contributed by atoms with Crippen LogP contribution in [0.2, 0.25) is 10.0 Å². The van der Waals surface area contributed by atoms with Crippen molar-refractivity contribution in [3.05, 3.63) is 51.6 Å². The van der Waals surface area contributed by atoms with Crippen molar-refractivity contribution in [1.82, 2.24) is 10.5 Å². The Bertz CT molecular complexity index is 767. The number of hydroxylamine groups is 1. The number of carbonyl (C=O) groups is 1. The lowest BCUT2D eigenvalue weighted by molar-refractivity contribution is -0.137. The average molecular weight is 379 g/mol. The Hall–Kier alpha value is -1.83. The van der Waals surface area contributed by atoms with E-state index in [-0.39, 0.29) is 27.9 Å². The van der Waals surface area contributed by atoms with E-state index in [9.17, 15) is 18.0 Å². The van der Waals surface area contributed by atoms with Gasteiger partial charge in [0.05, 0.1) is 33.5 Å². The highest BCUT2D eigenvalue weighted by atomic mass is 35.5. The van der Waals surface area contributed by atoms with E-state index in [1.165, 1.54) is 18.2 Å². The molecule has 0 radical (unpaired) electrons. The number of nitrogens with zero attached hydrogens (tertiary/aromatic N) is 1. The molecular weight excluding hydrogens is 368 g/mol. The van der Waals surface area contributed by atoms with Crippen molar-refractivity contribution in [3.8, 4) is 11.3 Å². The first kappa shape index (κ1) is 18.5. The van der Waals surface area contributed by atoms with Gasteiger partial charge in [-0.15, -0.1) is 0 Å². The fourth-order valence-corrected chi connectivity index (χ4v) is 2.32. The van der Waals surface area contributed by atoms with Gasteiger partial charge in [-0.3, -0.25) is 14.6 Å². The molecule has 1 aromatic heterocycles. The molecule has 0 spiro atoms. The molecule has 4 nitrogen and oxygen atoms in total. The number of hydrogen-bond acceptors (Lipinski definition) is 3. The quantitative estimate of drug-likeness (QED) is 0.780. The lowest BCUT2D eigenvalue weighted by Gasteiger charge is -2.11. The zero-order valence-corrected chi connectivity index (χ0v) is 13.8. The molecule has 0 saturated heterocycles. The fourth-order valence-electron chi connectivity index (χ4n) is 1.84. The van der Waals surface area contributed by atoms with Crippen molar-refractivity contribution in [2.45, 2.75) is 13.1 Å². The Labute approximate surface area is 145 Å². The summed E-state index contributed by atoms with van der Waals surface area (Å²) < 4.78 is 38.0. The van der Waals surface area contributed by atoms with Crippen molar-refractivity contribution in [2.75, 3.05) is 6.61 Å². The summed E-state index contributed by atoms with van der Waals surface area (Å²) in [5.41, 5.74) is 1.76. The van der Waals surface area contributed by atoms with Crippen molar-refractivity contribution < 1.29 is 22.8 Å². The number of halogens is 5. The summed E-state index contributed by atoms with van der Waals surface area (Å²) in [6.45, 7) is 1.94. The van der Waals surface area contributed by atoms with Gasteiger partial charge < -0.3 is 0 Å². The zero-order valence-electron chi connectivity index (χ0n) is 12.2. The van der Waals surface area contributed by atoms with Crippen LogP contribution >= 0.6 is 23.2 Å². The van der Waals surface area contributed by atoms with Crippen LogP contribution in [0.3, 0.4) is 0 Å². The molecule has 0 atom stereocenters. The van der Waals surface area contributed by atoms with E-state index in [1.54, 1.807) is 6.92 Å². The highest BCUT2D eigenvalue weighted by molar-refractivity contribution is 6.34. The summed E-state index contributed by atoms with van der Waals surface area (Å²) >= 11 is 11.9. The van der Waals surface area contributed by atoms with Crippen molar-refractivity contribution in [1.29, 1.82) is 0 Å². The summed E-state index contributed by atoms with van der Waals surface area (Å²) in [6.07, 6.45) is -3.87. The SMILES string of the molecule is CCONC(=O)c1cc(-c2ncc(C(F)(F)F)cc2Cl)ccc1Cl. The Kier molecular flexibility index (Phi) is 5.69. The molecule has 0 bridgehead atoms. The minimum atomic E-state index is -4.54. The average Bonchev–Trinajstić information content (AvgIpc) is 2.52. The van der Waals surface area contributed by atoms with Gasteiger partial charge >= 0.3 is 6.18 Å². The van der Waals surface area contributed by atoms with Crippen LogP contribution in [0.15, 0.2) is 30.5 Å². The third-order valence-corrected chi connectivity index (χ3v) is 3.58. The Balaban J connectivity index is 2.41. The van der Waals surface area contributed by atoms with Gasteiger partial charge in [-0.25, -0.2) is 5.48 Å². The molecule has 1 heterocycles. The van der Waals surface area contributed by atoms with Crippen LogP contribution in [0.4, 0.5) is 13.2 Å².